The standard InChI is InChI=1S/C16H24N2O3/c1-12(11-18-8-4-5-16(18)19)17-10-13-9-14(20-2)6-7-15(13)21-3/h6-7,9,12,17H,4-5,8,10-11H2,1-3H3. The third kappa shape index (κ3) is 4.11. The summed E-state index contributed by atoms with van der Waals surface area (Å²) in [7, 11) is 3.32. The van der Waals surface area contributed by atoms with Gasteiger partial charge in [0.25, 0.3) is 0 Å². The third-order valence-corrected chi connectivity index (χ3v) is 3.79. The lowest BCUT2D eigenvalue weighted by molar-refractivity contribution is -0.127. The van der Waals surface area contributed by atoms with E-state index in [1.807, 2.05) is 23.1 Å². The van der Waals surface area contributed by atoms with Gasteiger partial charge in [-0.05, 0) is 31.5 Å². The summed E-state index contributed by atoms with van der Waals surface area (Å²) in [6.07, 6.45) is 1.67. The molecule has 1 aliphatic rings. The highest BCUT2D eigenvalue weighted by atomic mass is 16.5. The van der Waals surface area contributed by atoms with E-state index in [4.69, 9.17) is 9.47 Å². The molecule has 1 aromatic rings. The number of amides is 1. The van der Waals surface area contributed by atoms with E-state index in [0.717, 1.165) is 36.6 Å². The Balaban J connectivity index is 1.90. The normalized spacial score (nSPS) is 16.1. The highest BCUT2D eigenvalue weighted by Gasteiger charge is 2.21. The van der Waals surface area contributed by atoms with Crippen molar-refractivity contribution in [3.8, 4) is 11.5 Å². The minimum atomic E-state index is 0.239. The summed E-state index contributed by atoms with van der Waals surface area (Å²) in [5.41, 5.74) is 1.05. The number of nitrogens with zero attached hydrogens (tertiary/aromatic N) is 1. The first-order chi connectivity index (χ1) is 10.1. The zero-order valence-electron chi connectivity index (χ0n) is 13.0. The Kier molecular flexibility index (Phi) is 5.44. The maximum Gasteiger partial charge on any atom is 0.222 e. The predicted molar refractivity (Wildman–Crippen MR) is 81.7 cm³/mol. The minimum absolute atomic E-state index is 0.239. The van der Waals surface area contributed by atoms with Crippen LogP contribution in [0.25, 0.3) is 0 Å². The van der Waals surface area contributed by atoms with Crippen molar-refractivity contribution >= 4 is 5.91 Å². The molecule has 0 radical (unpaired) electrons. The Morgan fingerprint density at radius 1 is 1.33 bits per heavy atom. The SMILES string of the molecule is COc1ccc(OC)c(CNC(C)CN2CCCC2=O)c1. The number of hydrogen-bond donors (Lipinski definition) is 1. The van der Waals surface area contributed by atoms with Crippen molar-refractivity contribution in [3.63, 3.8) is 0 Å². The Morgan fingerprint density at radius 3 is 2.76 bits per heavy atom. The van der Waals surface area contributed by atoms with Gasteiger partial charge in [0.2, 0.25) is 5.91 Å². The first-order valence-electron chi connectivity index (χ1n) is 7.36. The smallest absolute Gasteiger partial charge is 0.222 e. The van der Waals surface area contributed by atoms with Crippen LogP contribution >= 0.6 is 0 Å². The minimum Gasteiger partial charge on any atom is -0.497 e. The van der Waals surface area contributed by atoms with Gasteiger partial charge in [-0.3, -0.25) is 4.79 Å². The van der Waals surface area contributed by atoms with Crippen LogP contribution in [0.3, 0.4) is 0 Å². The van der Waals surface area contributed by atoms with E-state index in [9.17, 15) is 4.79 Å². The Hall–Kier alpha value is -1.75. The molecule has 1 saturated heterocycles. The summed E-state index contributed by atoms with van der Waals surface area (Å²) in [5, 5.41) is 3.44. The number of nitrogens with one attached hydrogen (secondary N) is 1. The molecule has 116 valence electrons. The maximum absolute atomic E-state index is 11.6. The molecule has 0 saturated carbocycles. The van der Waals surface area contributed by atoms with Crippen molar-refractivity contribution < 1.29 is 14.3 Å². The Labute approximate surface area is 126 Å². The number of carbonyl (C=O) groups excluding carboxylic acids is 1. The highest BCUT2D eigenvalue weighted by Crippen LogP contribution is 2.23. The second-order valence-electron chi connectivity index (χ2n) is 5.40. The number of rotatable bonds is 7. The van der Waals surface area contributed by atoms with Gasteiger partial charge in [0.15, 0.2) is 0 Å². The Bertz CT molecular complexity index is 490. The molecule has 5 heteroatoms. The van der Waals surface area contributed by atoms with Gasteiger partial charge in [-0.1, -0.05) is 0 Å². The number of likely N-dealkylation sites (tertiary alicyclic amines) is 1. The van der Waals surface area contributed by atoms with E-state index >= 15 is 0 Å². The van der Waals surface area contributed by atoms with E-state index in [1.165, 1.54) is 0 Å². The van der Waals surface area contributed by atoms with Crippen LogP contribution in [0.2, 0.25) is 0 Å². The van der Waals surface area contributed by atoms with Crippen LogP contribution in [0, 0.1) is 0 Å². The molecule has 1 aliphatic heterocycles. The predicted octanol–water partition coefficient (Wildman–Crippen LogP) is 1.80. The van der Waals surface area contributed by atoms with Crippen molar-refractivity contribution in [3.05, 3.63) is 23.8 Å². The molecule has 1 fully saturated rings. The van der Waals surface area contributed by atoms with E-state index in [1.54, 1.807) is 14.2 Å². The molecule has 0 spiro atoms. The summed E-state index contributed by atoms with van der Waals surface area (Å²) in [4.78, 5) is 13.6. The first kappa shape index (κ1) is 15.6. The Morgan fingerprint density at radius 2 is 2.14 bits per heavy atom. The van der Waals surface area contributed by atoms with Gasteiger partial charge in [-0.2, -0.15) is 0 Å². The summed E-state index contributed by atoms with van der Waals surface area (Å²) >= 11 is 0. The van der Waals surface area contributed by atoms with E-state index in [-0.39, 0.29) is 11.9 Å². The van der Waals surface area contributed by atoms with Crippen molar-refractivity contribution in [2.45, 2.75) is 32.4 Å². The van der Waals surface area contributed by atoms with Gasteiger partial charge < -0.3 is 19.7 Å². The number of methoxy groups -OCH3 is 2. The first-order valence-corrected chi connectivity index (χ1v) is 7.36. The summed E-state index contributed by atoms with van der Waals surface area (Å²) in [6.45, 7) is 4.42. The average Bonchev–Trinajstić information content (AvgIpc) is 2.90. The summed E-state index contributed by atoms with van der Waals surface area (Å²) in [6, 6.07) is 6.00. The number of ether oxygens (including phenoxy) is 2. The van der Waals surface area contributed by atoms with Crippen LogP contribution in [0.5, 0.6) is 11.5 Å². The quantitative estimate of drug-likeness (QED) is 0.832. The molecule has 1 heterocycles. The lowest BCUT2D eigenvalue weighted by Crippen LogP contribution is -2.39. The molecule has 2 rings (SSSR count). The van der Waals surface area contributed by atoms with Gasteiger partial charge in [-0.15, -0.1) is 0 Å². The van der Waals surface area contributed by atoms with E-state index in [2.05, 4.69) is 12.2 Å². The number of carbonyl (C=O) groups is 1. The van der Waals surface area contributed by atoms with E-state index in [0.29, 0.717) is 13.0 Å². The van der Waals surface area contributed by atoms with Crippen LogP contribution < -0.4 is 14.8 Å². The fraction of sp³-hybridized carbons (Fsp3) is 0.562. The molecular formula is C16H24N2O3. The van der Waals surface area contributed by atoms with Crippen molar-refractivity contribution in [2.24, 2.45) is 0 Å². The van der Waals surface area contributed by atoms with Crippen molar-refractivity contribution in [1.82, 2.24) is 10.2 Å². The van der Waals surface area contributed by atoms with Crippen LogP contribution in [-0.2, 0) is 11.3 Å². The maximum atomic E-state index is 11.6. The fourth-order valence-corrected chi connectivity index (χ4v) is 2.60. The van der Waals surface area contributed by atoms with Crippen molar-refractivity contribution in [2.75, 3.05) is 27.3 Å². The number of benzene rings is 1. The van der Waals surface area contributed by atoms with E-state index < -0.39 is 0 Å². The van der Waals surface area contributed by atoms with Crippen LogP contribution in [0.15, 0.2) is 18.2 Å². The van der Waals surface area contributed by atoms with Gasteiger partial charge in [0.1, 0.15) is 11.5 Å². The molecule has 5 nitrogen and oxygen atoms in total. The molecule has 1 atom stereocenters. The molecule has 1 unspecified atom stereocenters. The largest absolute Gasteiger partial charge is 0.497 e. The molecule has 0 aliphatic carbocycles. The zero-order chi connectivity index (χ0) is 15.2. The average molecular weight is 292 g/mol. The van der Waals surface area contributed by atoms with Gasteiger partial charge in [-0.25, -0.2) is 0 Å². The molecule has 1 N–H and O–H groups in total. The molecule has 1 amide bonds. The third-order valence-electron chi connectivity index (χ3n) is 3.79. The molecule has 21 heavy (non-hydrogen) atoms. The van der Waals surface area contributed by atoms with Gasteiger partial charge in [0.05, 0.1) is 14.2 Å². The number of hydrogen-bond acceptors (Lipinski definition) is 4. The second-order valence-corrected chi connectivity index (χ2v) is 5.40. The van der Waals surface area contributed by atoms with Crippen LogP contribution in [0.1, 0.15) is 25.3 Å². The topological polar surface area (TPSA) is 50.8 Å². The zero-order valence-corrected chi connectivity index (χ0v) is 13.0. The fourth-order valence-electron chi connectivity index (χ4n) is 2.60. The summed E-state index contributed by atoms with van der Waals surface area (Å²) < 4.78 is 10.6. The van der Waals surface area contributed by atoms with Crippen LogP contribution in [-0.4, -0.2) is 44.2 Å². The lowest BCUT2D eigenvalue weighted by Gasteiger charge is -2.22. The molecule has 0 aromatic heterocycles. The van der Waals surface area contributed by atoms with Gasteiger partial charge >= 0.3 is 0 Å². The van der Waals surface area contributed by atoms with Gasteiger partial charge in [0, 0.05) is 37.7 Å². The molecule has 0 bridgehead atoms. The monoisotopic (exact) mass is 292 g/mol. The second kappa shape index (κ2) is 7.31. The van der Waals surface area contributed by atoms with Crippen molar-refractivity contribution in [1.29, 1.82) is 0 Å². The molecule has 1 aromatic carbocycles. The van der Waals surface area contributed by atoms with Crippen LogP contribution in [0.4, 0.5) is 0 Å². The highest BCUT2D eigenvalue weighted by molar-refractivity contribution is 5.78. The summed E-state index contributed by atoms with van der Waals surface area (Å²) in [5.74, 6) is 1.92. The lowest BCUT2D eigenvalue weighted by atomic mass is 10.1. The molecular weight excluding hydrogens is 268 g/mol.